The van der Waals surface area contributed by atoms with Gasteiger partial charge in [0.15, 0.2) is 5.82 Å². The Morgan fingerprint density at radius 3 is 2.82 bits per heavy atom. The van der Waals surface area contributed by atoms with Gasteiger partial charge in [-0.25, -0.2) is 0 Å². The fourth-order valence-electron chi connectivity index (χ4n) is 1.77. The number of hydrogen-bond acceptors (Lipinski definition) is 7. The van der Waals surface area contributed by atoms with Crippen LogP contribution in [0.25, 0.3) is 0 Å². The molecular formula is C14H24N4O3S. The minimum absolute atomic E-state index is 0.425. The lowest BCUT2D eigenvalue weighted by molar-refractivity contribution is -0.404. The van der Waals surface area contributed by atoms with Crippen molar-refractivity contribution in [2.45, 2.75) is 18.7 Å². The van der Waals surface area contributed by atoms with Gasteiger partial charge in [-0.3, -0.25) is 10.1 Å². The molecule has 8 heteroatoms. The third-order valence-electron chi connectivity index (χ3n) is 2.72. The van der Waals surface area contributed by atoms with Crippen molar-refractivity contribution in [1.82, 2.24) is 15.5 Å². The van der Waals surface area contributed by atoms with Crippen LogP contribution in [0.15, 0.2) is 28.6 Å². The van der Waals surface area contributed by atoms with E-state index in [1.165, 1.54) is 0 Å². The number of thioether (sulfide) groups is 1. The molecule has 1 rings (SSSR count). The van der Waals surface area contributed by atoms with Crippen molar-refractivity contribution >= 4 is 11.8 Å². The number of furan rings is 1. The van der Waals surface area contributed by atoms with Crippen molar-refractivity contribution in [3.63, 3.8) is 0 Å². The largest absolute Gasteiger partial charge is 0.464 e. The molecule has 0 bridgehead atoms. The first-order valence-electron chi connectivity index (χ1n) is 7.08. The Labute approximate surface area is 135 Å². The normalized spacial score (nSPS) is 11.7. The molecule has 0 spiro atoms. The van der Waals surface area contributed by atoms with E-state index in [4.69, 9.17) is 4.42 Å². The summed E-state index contributed by atoms with van der Waals surface area (Å²) in [5.74, 6) is 4.20. The van der Waals surface area contributed by atoms with Gasteiger partial charge in [0, 0.05) is 13.6 Å². The summed E-state index contributed by atoms with van der Waals surface area (Å²) in [5, 5.41) is 16.1. The zero-order chi connectivity index (χ0) is 16.4. The molecular weight excluding hydrogens is 304 g/mol. The first kappa shape index (κ1) is 18.4. The molecule has 22 heavy (non-hydrogen) atoms. The monoisotopic (exact) mass is 328 g/mol. The Hall–Kier alpha value is -1.67. The highest BCUT2D eigenvalue weighted by Gasteiger charge is 2.03. The first-order chi connectivity index (χ1) is 10.5. The highest BCUT2D eigenvalue weighted by Crippen LogP contribution is 2.16. The van der Waals surface area contributed by atoms with Crippen molar-refractivity contribution < 1.29 is 9.34 Å². The van der Waals surface area contributed by atoms with Gasteiger partial charge in [-0.2, -0.15) is 11.8 Å². The van der Waals surface area contributed by atoms with E-state index in [-0.39, 0.29) is 0 Å². The number of nitro groups is 1. The second-order valence-corrected chi connectivity index (χ2v) is 6.12. The fourth-order valence-corrected chi connectivity index (χ4v) is 2.62. The highest BCUT2D eigenvalue weighted by atomic mass is 32.2. The van der Waals surface area contributed by atoms with Gasteiger partial charge in [-0.05, 0) is 38.4 Å². The molecule has 7 nitrogen and oxygen atoms in total. The molecule has 0 aromatic carbocycles. The summed E-state index contributed by atoms with van der Waals surface area (Å²) >= 11 is 1.79. The van der Waals surface area contributed by atoms with E-state index >= 15 is 0 Å². The maximum atomic E-state index is 10.4. The van der Waals surface area contributed by atoms with Crippen LogP contribution in [0.5, 0.6) is 0 Å². The van der Waals surface area contributed by atoms with Crippen molar-refractivity contribution in [1.29, 1.82) is 0 Å². The van der Waals surface area contributed by atoms with E-state index in [1.54, 1.807) is 18.8 Å². The molecule has 0 unspecified atom stereocenters. The minimum Gasteiger partial charge on any atom is -0.464 e. The van der Waals surface area contributed by atoms with Crippen LogP contribution in [-0.4, -0.2) is 43.3 Å². The summed E-state index contributed by atoms with van der Waals surface area (Å²) in [6.45, 7) is 1.50. The van der Waals surface area contributed by atoms with Crippen LogP contribution in [0.3, 0.4) is 0 Å². The van der Waals surface area contributed by atoms with Crippen molar-refractivity contribution in [2.24, 2.45) is 0 Å². The lowest BCUT2D eigenvalue weighted by Crippen LogP contribution is -2.25. The first-order valence-corrected chi connectivity index (χ1v) is 8.23. The molecule has 0 amide bonds. The number of hydrogen-bond donors (Lipinski definition) is 2. The summed E-state index contributed by atoms with van der Waals surface area (Å²) in [6.07, 6.45) is 1.86. The van der Waals surface area contributed by atoms with Crippen LogP contribution in [0, 0.1) is 10.1 Å². The highest BCUT2D eigenvalue weighted by molar-refractivity contribution is 7.98. The second kappa shape index (κ2) is 10.1. The SMILES string of the molecule is CNC(=C[N+](=O)[O-])NCCCSCc1ccc(CN(C)C)o1. The maximum Gasteiger partial charge on any atom is 0.274 e. The van der Waals surface area contributed by atoms with E-state index in [0.29, 0.717) is 12.4 Å². The van der Waals surface area contributed by atoms with E-state index in [0.717, 1.165) is 42.2 Å². The molecule has 0 radical (unpaired) electrons. The lowest BCUT2D eigenvalue weighted by Gasteiger charge is -2.07. The summed E-state index contributed by atoms with van der Waals surface area (Å²) in [5.41, 5.74) is 0. The predicted octanol–water partition coefficient (Wildman–Crippen LogP) is 1.85. The molecule has 0 saturated heterocycles. The van der Waals surface area contributed by atoms with Gasteiger partial charge in [-0.1, -0.05) is 0 Å². The Bertz CT molecular complexity index is 488. The molecule has 0 atom stereocenters. The average Bonchev–Trinajstić information content (AvgIpc) is 2.87. The van der Waals surface area contributed by atoms with Crippen LogP contribution >= 0.6 is 11.8 Å². The van der Waals surface area contributed by atoms with Crippen LogP contribution in [0.1, 0.15) is 17.9 Å². The molecule has 124 valence electrons. The van der Waals surface area contributed by atoms with E-state index in [2.05, 4.69) is 15.5 Å². The third kappa shape index (κ3) is 7.94. The Morgan fingerprint density at radius 2 is 2.18 bits per heavy atom. The van der Waals surface area contributed by atoms with Gasteiger partial charge in [0.1, 0.15) is 11.5 Å². The topological polar surface area (TPSA) is 83.6 Å². The minimum atomic E-state index is -0.476. The smallest absolute Gasteiger partial charge is 0.274 e. The Balaban J connectivity index is 2.15. The van der Waals surface area contributed by atoms with E-state index in [9.17, 15) is 10.1 Å². The Morgan fingerprint density at radius 1 is 1.45 bits per heavy atom. The van der Waals surface area contributed by atoms with Crippen LogP contribution in [0.4, 0.5) is 0 Å². The third-order valence-corrected chi connectivity index (χ3v) is 3.78. The van der Waals surface area contributed by atoms with E-state index < -0.39 is 4.92 Å². The zero-order valence-corrected chi connectivity index (χ0v) is 14.1. The lowest BCUT2D eigenvalue weighted by atomic mass is 10.4. The van der Waals surface area contributed by atoms with Crippen molar-refractivity contribution in [3.05, 3.63) is 45.8 Å². The van der Waals surface area contributed by atoms with Gasteiger partial charge in [0.05, 0.1) is 17.2 Å². The molecule has 0 fully saturated rings. The van der Waals surface area contributed by atoms with E-state index in [1.807, 2.05) is 26.2 Å². The quantitative estimate of drug-likeness (QED) is 0.364. The molecule has 2 N–H and O–H groups in total. The molecule has 1 aromatic heterocycles. The standard InChI is InChI=1S/C14H24N4O3S/c1-15-14(10-18(19)20)16-7-4-8-22-11-13-6-5-12(21-13)9-17(2)3/h5-6,10,15-16H,4,7-9,11H2,1-3H3. The van der Waals surface area contributed by atoms with Crippen LogP contribution < -0.4 is 10.6 Å². The maximum absolute atomic E-state index is 10.4. The fraction of sp³-hybridized carbons (Fsp3) is 0.571. The van der Waals surface area contributed by atoms with Crippen molar-refractivity contribution in [3.8, 4) is 0 Å². The van der Waals surface area contributed by atoms with Crippen LogP contribution in [0.2, 0.25) is 0 Å². The molecule has 0 aliphatic carbocycles. The van der Waals surface area contributed by atoms with Gasteiger partial charge >= 0.3 is 0 Å². The van der Waals surface area contributed by atoms with Gasteiger partial charge < -0.3 is 20.0 Å². The number of nitrogens with one attached hydrogen (secondary N) is 2. The molecule has 0 saturated carbocycles. The number of rotatable bonds is 11. The molecule has 0 aliphatic heterocycles. The summed E-state index contributed by atoms with van der Waals surface area (Å²) < 4.78 is 5.73. The zero-order valence-electron chi connectivity index (χ0n) is 13.3. The van der Waals surface area contributed by atoms with Gasteiger partial charge in [-0.15, -0.1) is 0 Å². The predicted molar refractivity (Wildman–Crippen MR) is 89.0 cm³/mol. The molecule has 1 aromatic rings. The van der Waals surface area contributed by atoms with Gasteiger partial charge in [0.25, 0.3) is 6.20 Å². The van der Waals surface area contributed by atoms with Crippen LogP contribution in [-0.2, 0) is 12.3 Å². The molecule has 1 heterocycles. The second-order valence-electron chi connectivity index (χ2n) is 5.02. The summed E-state index contributed by atoms with van der Waals surface area (Å²) in [7, 11) is 5.67. The van der Waals surface area contributed by atoms with Crippen molar-refractivity contribution in [2.75, 3.05) is 33.4 Å². The summed E-state index contributed by atoms with van der Waals surface area (Å²) in [6, 6.07) is 4.03. The number of nitrogens with zero attached hydrogens (tertiary/aromatic N) is 2. The summed E-state index contributed by atoms with van der Waals surface area (Å²) in [4.78, 5) is 12.0. The average molecular weight is 328 g/mol. The molecule has 0 aliphatic rings. The Kier molecular flexibility index (Phi) is 8.46. The van der Waals surface area contributed by atoms with Gasteiger partial charge in [0.2, 0.25) is 0 Å².